The van der Waals surface area contributed by atoms with Crippen molar-refractivity contribution in [3.8, 4) is 17.1 Å². The number of para-hydroxylation sites is 1. The Balaban J connectivity index is 1.67. The molecule has 144 valence electrons. The number of hydrogen-bond acceptors (Lipinski definition) is 4. The van der Waals surface area contributed by atoms with Crippen LogP contribution in [0.5, 0.6) is 5.75 Å². The molecule has 0 aliphatic carbocycles. The van der Waals surface area contributed by atoms with Crippen LogP contribution >= 0.6 is 11.6 Å². The van der Waals surface area contributed by atoms with Crippen LogP contribution in [0.1, 0.15) is 30.7 Å². The predicted octanol–water partition coefficient (Wildman–Crippen LogP) is 4.92. The summed E-state index contributed by atoms with van der Waals surface area (Å²) < 4.78 is 1.88. The Morgan fingerprint density at radius 1 is 0.964 bits per heavy atom. The van der Waals surface area contributed by atoms with Crippen molar-refractivity contribution in [2.45, 2.75) is 25.9 Å². The topological polar surface area (TPSA) is 54.2 Å². The van der Waals surface area contributed by atoms with Gasteiger partial charge in [-0.1, -0.05) is 48.4 Å². The van der Waals surface area contributed by atoms with Gasteiger partial charge in [0.15, 0.2) is 11.6 Å². The Labute approximate surface area is 169 Å². The number of benzene rings is 2. The SMILES string of the molecule is Oc1ccccc1-c1nc(/C=C/c2ccccc2Cl)nn1CN1CCCCC1. The van der Waals surface area contributed by atoms with E-state index in [9.17, 15) is 5.11 Å². The van der Waals surface area contributed by atoms with Gasteiger partial charge in [-0.25, -0.2) is 9.67 Å². The second kappa shape index (κ2) is 8.59. The molecule has 0 spiro atoms. The predicted molar refractivity (Wildman–Crippen MR) is 113 cm³/mol. The van der Waals surface area contributed by atoms with Crippen LogP contribution in [0.3, 0.4) is 0 Å². The molecule has 0 saturated carbocycles. The van der Waals surface area contributed by atoms with Crippen molar-refractivity contribution in [2.75, 3.05) is 13.1 Å². The number of phenols is 1. The summed E-state index contributed by atoms with van der Waals surface area (Å²) in [5.74, 6) is 1.47. The van der Waals surface area contributed by atoms with E-state index in [1.807, 2.05) is 59.3 Å². The Bertz CT molecular complexity index is 976. The molecule has 2 aromatic carbocycles. The zero-order chi connectivity index (χ0) is 19.3. The van der Waals surface area contributed by atoms with Crippen molar-refractivity contribution in [3.05, 3.63) is 64.9 Å². The molecule has 1 aromatic heterocycles. The van der Waals surface area contributed by atoms with E-state index in [0.717, 1.165) is 18.7 Å². The maximum Gasteiger partial charge on any atom is 0.174 e. The number of aromatic hydroxyl groups is 1. The van der Waals surface area contributed by atoms with Gasteiger partial charge >= 0.3 is 0 Å². The third-order valence-electron chi connectivity index (χ3n) is 4.93. The van der Waals surface area contributed by atoms with Gasteiger partial charge < -0.3 is 5.11 Å². The second-order valence-corrected chi connectivity index (χ2v) is 7.39. The van der Waals surface area contributed by atoms with Crippen molar-refractivity contribution in [1.29, 1.82) is 0 Å². The lowest BCUT2D eigenvalue weighted by Gasteiger charge is -2.26. The second-order valence-electron chi connectivity index (χ2n) is 6.99. The minimum atomic E-state index is 0.205. The maximum atomic E-state index is 10.3. The summed E-state index contributed by atoms with van der Waals surface area (Å²) in [5, 5.41) is 15.7. The highest BCUT2D eigenvalue weighted by Crippen LogP contribution is 2.28. The Kier molecular flexibility index (Phi) is 5.74. The van der Waals surface area contributed by atoms with E-state index < -0.39 is 0 Å². The summed E-state index contributed by atoms with van der Waals surface area (Å²) in [5.41, 5.74) is 1.60. The molecular weight excluding hydrogens is 372 g/mol. The molecule has 0 bridgehead atoms. The number of rotatable bonds is 5. The van der Waals surface area contributed by atoms with Crippen LogP contribution in [0, 0.1) is 0 Å². The number of likely N-dealkylation sites (tertiary alicyclic amines) is 1. The lowest BCUT2D eigenvalue weighted by Crippen LogP contribution is -2.32. The van der Waals surface area contributed by atoms with Crippen LogP contribution in [0.2, 0.25) is 5.02 Å². The van der Waals surface area contributed by atoms with Crippen molar-refractivity contribution < 1.29 is 5.11 Å². The summed E-state index contributed by atoms with van der Waals surface area (Å²) in [6.45, 7) is 2.78. The van der Waals surface area contributed by atoms with Gasteiger partial charge in [0.05, 0.1) is 12.2 Å². The van der Waals surface area contributed by atoms with Crippen molar-refractivity contribution in [3.63, 3.8) is 0 Å². The van der Waals surface area contributed by atoms with E-state index in [-0.39, 0.29) is 5.75 Å². The highest BCUT2D eigenvalue weighted by Gasteiger charge is 2.17. The first-order valence-electron chi connectivity index (χ1n) is 9.59. The van der Waals surface area contributed by atoms with Gasteiger partial charge in [0.2, 0.25) is 0 Å². The fraction of sp³-hybridized carbons (Fsp3) is 0.273. The van der Waals surface area contributed by atoms with Crippen molar-refractivity contribution in [1.82, 2.24) is 19.7 Å². The van der Waals surface area contributed by atoms with E-state index in [1.54, 1.807) is 6.07 Å². The lowest BCUT2D eigenvalue weighted by atomic mass is 10.1. The summed E-state index contributed by atoms with van der Waals surface area (Å²) in [7, 11) is 0. The largest absolute Gasteiger partial charge is 0.507 e. The number of phenolic OH excluding ortho intramolecular Hbond substituents is 1. The van der Waals surface area contributed by atoms with Crippen LogP contribution < -0.4 is 0 Å². The molecule has 0 atom stereocenters. The fourth-order valence-electron chi connectivity index (χ4n) is 3.46. The number of aromatic nitrogens is 3. The molecule has 1 aliphatic rings. The number of hydrogen-bond donors (Lipinski definition) is 1. The zero-order valence-electron chi connectivity index (χ0n) is 15.6. The molecule has 1 saturated heterocycles. The summed E-state index contributed by atoms with van der Waals surface area (Å²) in [6.07, 6.45) is 7.47. The first kappa shape index (κ1) is 18.7. The summed E-state index contributed by atoms with van der Waals surface area (Å²) in [6, 6.07) is 14.9. The molecule has 0 unspecified atom stereocenters. The van der Waals surface area contributed by atoms with E-state index >= 15 is 0 Å². The highest BCUT2D eigenvalue weighted by molar-refractivity contribution is 6.32. The number of halogens is 1. The van der Waals surface area contributed by atoms with Gasteiger partial charge in [-0.3, -0.25) is 4.90 Å². The molecule has 0 amide bonds. The van der Waals surface area contributed by atoms with Gasteiger partial charge in [-0.2, -0.15) is 0 Å². The van der Waals surface area contributed by atoms with Gasteiger partial charge in [0, 0.05) is 5.02 Å². The van der Waals surface area contributed by atoms with Gasteiger partial charge in [-0.15, -0.1) is 5.10 Å². The van der Waals surface area contributed by atoms with E-state index in [4.69, 9.17) is 11.6 Å². The number of piperidine rings is 1. The Hall–Kier alpha value is -2.63. The Morgan fingerprint density at radius 2 is 1.71 bits per heavy atom. The molecule has 0 radical (unpaired) electrons. The smallest absolute Gasteiger partial charge is 0.174 e. The van der Waals surface area contributed by atoms with Crippen molar-refractivity contribution in [2.24, 2.45) is 0 Å². The lowest BCUT2D eigenvalue weighted by molar-refractivity contribution is 0.174. The molecule has 6 heteroatoms. The molecule has 4 rings (SSSR count). The van der Waals surface area contributed by atoms with E-state index in [1.165, 1.54) is 19.3 Å². The summed E-state index contributed by atoms with van der Waals surface area (Å²) >= 11 is 6.24. The molecule has 1 aliphatic heterocycles. The molecule has 1 N–H and O–H groups in total. The van der Waals surface area contributed by atoms with Gasteiger partial charge in [-0.05, 0) is 61.8 Å². The fourth-order valence-corrected chi connectivity index (χ4v) is 3.65. The Morgan fingerprint density at radius 3 is 2.50 bits per heavy atom. The van der Waals surface area contributed by atoms with Crippen LogP contribution in [0.15, 0.2) is 48.5 Å². The van der Waals surface area contributed by atoms with Crippen molar-refractivity contribution >= 4 is 23.8 Å². The molecule has 1 fully saturated rings. The third-order valence-corrected chi connectivity index (χ3v) is 5.28. The first-order chi connectivity index (χ1) is 13.7. The first-order valence-corrected chi connectivity index (χ1v) is 9.97. The zero-order valence-corrected chi connectivity index (χ0v) is 16.4. The van der Waals surface area contributed by atoms with Crippen LogP contribution in [-0.4, -0.2) is 37.9 Å². The normalized spacial score (nSPS) is 15.3. The molecule has 2 heterocycles. The average Bonchev–Trinajstić information content (AvgIpc) is 3.11. The molecular formula is C22H23ClN4O. The van der Waals surface area contributed by atoms with E-state index in [0.29, 0.717) is 28.9 Å². The van der Waals surface area contributed by atoms with E-state index in [2.05, 4.69) is 15.0 Å². The standard InChI is InChI=1S/C22H23ClN4O/c23-19-10-4-2-8-17(19)12-13-21-24-22(18-9-3-5-11-20(18)28)27(25-21)16-26-14-6-1-7-15-26/h2-5,8-13,28H,1,6-7,14-16H2/b13-12+. The minimum Gasteiger partial charge on any atom is -0.507 e. The van der Waals surface area contributed by atoms with Gasteiger partial charge in [0.1, 0.15) is 5.75 Å². The molecule has 5 nitrogen and oxygen atoms in total. The van der Waals surface area contributed by atoms with Crippen LogP contribution in [-0.2, 0) is 6.67 Å². The van der Waals surface area contributed by atoms with Gasteiger partial charge in [0.25, 0.3) is 0 Å². The average molecular weight is 395 g/mol. The third kappa shape index (κ3) is 4.26. The maximum absolute atomic E-state index is 10.3. The monoisotopic (exact) mass is 394 g/mol. The number of nitrogens with zero attached hydrogens (tertiary/aromatic N) is 4. The molecule has 28 heavy (non-hydrogen) atoms. The quantitative estimate of drug-likeness (QED) is 0.667. The van der Waals surface area contributed by atoms with Crippen LogP contribution in [0.4, 0.5) is 0 Å². The minimum absolute atomic E-state index is 0.205. The van der Waals surface area contributed by atoms with Crippen LogP contribution in [0.25, 0.3) is 23.5 Å². The summed E-state index contributed by atoms with van der Waals surface area (Å²) in [4.78, 5) is 7.07. The molecule has 3 aromatic rings. The highest BCUT2D eigenvalue weighted by atomic mass is 35.5.